The normalized spacial score (nSPS) is 19.1. The lowest BCUT2D eigenvalue weighted by Gasteiger charge is -2.17. The molecule has 90 valence electrons. The first-order chi connectivity index (χ1) is 7.79. The second-order valence-corrected chi connectivity index (χ2v) is 6.21. The summed E-state index contributed by atoms with van der Waals surface area (Å²) in [5.41, 5.74) is 5.82. The molecular formula is C12H19ClN2S. The molecule has 16 heavy (non-hydrogen) atoms. The number of nitrogens with one attached hydrogen (secondary N) is 1. The fraction of sp³-hybridized carbons (Fsp3) is 0.667. The second kappa shape index (κ2) is 6.01. The molecule has 1 aromatic rings. The molecule has 1 fully saturated rings. The van der Waals surface area contributed by atoms with Gasteiger partial charge in [-0.2, -0.15) is 0 Å². The lowest BCUT2D eigenvalue weighted by molar-refractivity contribution is 0.492. The summed E-state index contributed by atoms with van der Waals surface area (Å²) < 4.78 is 0.856. The molecule has 3 N–H and O–H groups in total. The first kappa shape index (κ1) is 12.4. The minimum atomic E-state index is 0.415. The van der Waals surface area contributed by atoms with Crippen molar-refractivity contribution >= 4 is 22.9 Å². The SMILES string of the molecule is NCC(CNC1CCCC1)c1ccc(Cl)s1. The van der Waals surface area contributed by atoms with Crippen LogP contribution in [0.25, 0.3) is 0 Å². The van der Waals surface area contributed by atoms with Crippen molar-refractivity contribution in [1.82, 2.24) is 5.32 Å². The van der Waals surface area contributed by atoms with E-state index in [-0.39, 0.29) is 0 Å². The maximum absolute atomic E-state index is 5.95. The predicted molar refractivity (Wildman–Crippen MR) is 71.4 cm³/mol. The van der Waals surface area contributed by atoms with Crippen LogP contribution in [-0.2, 0) is 0 Å². The van der Waals surface area contributed by atoms with E-state index in [0.29, 0.717) is 18.5 Å². The molecule has 2 nitrogen and oxygen atoms in total. The van der Waals surface area contributed by atoms with Gasteiger partial charge in [0.05, 0.1) is 4.34 Å². The van der Waals surface area contributed by atoms with Crippen LogP contribution in [0.4, 0.5) is 0 Å². The summed E-state index contributed by atoms with van der Waals surface area (Å²) in [6.45, 7) is 1.68. The molecule has 1 heterocycles. The van der Waals surface area contributed by atoms with E-state index >= 15 is 0 Å². The molecule has 0 aromatic carbocycles. The summed E-state index contributed by atoms with van der Waals surface area (Å²) in [7, 11) is 0. The van der Waals surface area contributed by atoms with Crippen molar-refractivity contribution in [2.45, 2.75) is 37.6 Å². The smallest absolute Gasteiger partial charge is 0.0931 e. The molecule has 4 heteroatoms. The first-order valence-electron chi connectivity index (χ1n) is 5.98. The van der Waals surface area contributed by atoms with Gasteiger partial charge in [0.15, 0.2) is 0 Å². The number of rotatable bonds is 5. The summed E-state index contributed by atoms with van der Waals surface area (Å²) in [5, 5.41) is 3.62. The van der Waals surface area contributed by atoms with Crippen LogP contribution < -0.4 is 11.1 Å². The molecule has 1 saturated carbocycles. The summed E-state index contributed by atoms with van der Waals surface area (Å²) in [4.78, 5) is 1.30. The van der Waals surface area contributed by atoms with E-state index in [2.05, 4.69) is 11.4 Å². The first-order valence-corrected chi connectivity index (χ1v) is 7.17. The van der Waals surface area contributed by atoms with Crippen molar-refractivity contribution < 1.29 is 0 Å². The van der Waals surface area contributed by atoms with E-state index in [1.165, 1.54) is 30.6 Å². The third-order valence-electron chi connectivity index (χ3n) is 3.29. The van der Waals surface area contributed by atoms with Crippen LogP contribution in [0.5, 0.6) is 0 Å². The van der Waals surface area contributed by atoms with Gasteiger partial charge < -0.3 is 11.1 Å². The van der Waals surface area contributed by atoms with E-state index in [9.17, 15) is 0 Å². The molecule has 1 aromatic heterocycles. The molecule has 2 rings (SSSR count). The maximum Gasteiger partial charge on any atom is 0.0931 e. The fourth-order valence-electron chi connectivity index (χ4n) is 2.29. The summed E-state index contributed by atoms with van der Waals surface area (Å²) in [5.74, 6) is 0.415. The second-order valence-electron chi connectivity index (χ2n) is 4.46. The number of hydrogen-bond donors (Lipinski definition) is 2. The minimum absolute atomic E-state index is 0.415. The van der Waals surface area contributed by atoms with E-state index < -0.39 is 0 Å². The van der Waals surface area contributed by atoms with Crippen molar-refractivity contribution in [3.63, 3.8) is 0 Å². The highest BCUT2D eigenvalue weighted by atomic mass is 35.5. The van der Waals surface area contributed by atoms with Crippen LogP contribution in [0.15, 0.2) is 12.1 Å². The molecule has 0 aliphatic heterocycles. The summed E-state index contributed by atoms with van der Waals surface area (Å²) >= 11 is 7.59. The van der Waals surface area contributed by atoms with Gasteiger partial charge in [0.2, 0.25) is 0 Å². The molecule has 1 atom stereocenters. The number of hydrogen-bond acceptors (Lipinski definition) is 3. The summed E-state index contributed by atoms with van der Waals surface area (Å²) in [6.07, 6.45) is 5.39. The quantitative estimate of drug-likeness (QED) is 0.852. The molecule has 0 saturated heterocycles. The van der Waals surface area contributed by atoms with E-state index in [0.717, 1.165) is 10.9 Å². The van der Waals surface area contributed by atoms with Gasteiger partial charge in [-0.3, -0.25) is 0 Å². The molecule has 0 spiro atoms. The molecule has 1 aliphatic carbocycles. The van der Waals surface area contributed by atoms with Gasteiger partial charge in [0.25, 0.3) is 0 Å². The topological polar surface area (TPSA) is 38.0 Å². The Morgan fingerprint density at radius 2 is 2.19 bits per heavy atom. The number of thiophene rings is 1. The van der Waals surface area contributed by atoms with E-state index in [4.69, 9.17) is 17.3 Å². The van der Waals surface area contributed by atoms with Crippen molar-refractivity contribution in [3.05, 3.63) is 21.3 Å². The fourth-order valence-corrected chi connectivity index (χ4v) is 3.46. The van der Waals surface area contributed by atoms with Crippen molar-refractivity contribution in [2.24, 2.45) is 5.73 Å². The molecular weight excluding hydrogens is 240 g/mol. The zero-order valence-electron chi connectivity index (χ0n) is 9.42. The standard InChI is InChI=1S/C12H19ClN2S/c13-12-6-5-11(16-12)9(7-14)8-15-10-3-1-2-4-10/h5-6,9-10,15H,1-4,7-8,14H2. The lowest BCUT2D eigenvalue weighted by Crippen LogP contribution is -2.32. The largest absolute Gasteiger partial charge is 0.330 e. The van der Waals surface area contributed by atoms with Crippen LogP contribution in [0, 0.1) is 0 Å². The van der Waals surface area contributed by atoms with Gasteiger partial charge in [-0.05, 0) is 25.0 Å². The van der Waals surface area contributed by atoms with Crippen LogP contribution in [0.2, 0.25) is 4.34 Å². The van der Waals surface area contributed by atoms with Crippen LogP contribution in [0.1, 0.15) is 36.5 Å². The molecule has 0 amide bonds. The average Bonchev–Trinajstić information content (AvgIpc) is 2.91. The summed E-state index contributed by atoms with van der Waals surface area (Å²) in [6, 6.07) is 4.77. The average molecular weight is 259 g/mol. The monoisotopic (exact) mass is 258 g/mol. The molecule has 1 unspecified atom stereocenters. The van der Waals surface area contributed by atoms with Gasteiger partial charge in [0.1, 0.15) is 0 Å². The van der Waals surface area contributed by atoms with Gasteiger partial charge in [-0.15, -0.1) is 11.3 Å². The zero-order chi connectivity index (χ0) is 11.4. The highest BCUT2D eigenvalue weighted by molar-refractivity contribution is 7.16. The van der Waals surface area contributed by atoms with Gasteiger partial charge in [0, 0.05) is 29.9 Å². The Morgan fingerprint density at radius 1 is 1.44 bits per heavy atom. The Morgan fingerprint density at radius 3 is 2.75 bits per heavy atom. The molecule has 0 bridgehead atoms. The van der Waals surface area contributed by atoms with Crippen molar-refractivity contribution in [1.29, 1.82) is 0 Å². The Kier molecular flexibility index (Phi) is 4.65. The highest BCUT2D eigenvalue weighted by Gasteiger charge is 2.17. The number of halogens is 1. The van der Waals surface area contributed by atoms with Gasteiger partial charge in [-0.25, -0.2) is 0 Å². The van der Waals surface area contributed by atoms with E-state index in [1.54, 1.807) is 11.3 Å². The molecule has 1 aliphatic rings. The third kappa shape index (κ3) is 3.20. The van der Waals surface area contributed by atoms with Crippen molar-refractivity contribution in [2.75, 3.05) is 13.1 Å². The minimum Gasteiger partial charge on any atom is -0.330 e. The Bertz CT molecular complexity index is 321. The third-order valence-corrected chi connectivity index (χ3v) is 4.68. The highest BCUT2D eigenvalue weighted by Crippen LogP contribution is 2.28. The maximum atomic E-state index is 5.95. The van der Waals surface area contributed by atoms with Gasteiger partial charge >= 0.3 is 0 Å². The molecule has 0 radical (unpaired) electrons. The Labute approximate surface area is 106 Å². The lowest BCUT2D eigenvalue weighted by atomic mass is 10.1. The number of nitrogens with two attached hydrogens (primary N) is 1. The van der Waals surface area contributed by atoms with Crippen molar-refractivity contribution in [3.8, 4) is 0 Å². The zero-order valence-corrected chi connectivity index (χ0v) is 11.0. The Hall–Kier alpha value is -0.0900. The van der Waals surface area contributed by atoms with Crippen LogP contribution >= 0.6 is 22.9 Å². The van der Waals surface area contributed by atoms with Crippen LogP contribution in [0.3, 0.4) is 0 Å². The Balaban J connectivity index is 1.85. The van der Waals surface area contributed by atoms with E-state index in [1.807, 2.05) is 6.07 Å². The predicted octanol–water partition coefficient (Wildman–Crippen LogP) is 2.98. The van der Waals surface area contributed by atoms with Crippen LogP contribution in [-0.4, -0.2) is 19.1 Å². The van der Waals surface area contributed by atoms with Gasteiger partial charge in [-0.1, -0.05) is 24.4 Å².